The van der Waals surface area contributed by atoms with E-state index >= 15 is 0 Å². The number of rotatable bonds is 8. The van der Waals surface area contributed by atoms with Crippen LogP contribution < -0.4 is 10.1 Å². The summed E-state index contributed by atoms with van der Waals surface area (Å²) >= 11 is 0. The van der Waals surface area contributed by atoms with Crippen LogP contribution >= 0.6 is 0 Å². The Balaban J connectivity index is 1.65. The number of aryl methyl sites for hydroxylation is 1. The third-order valence-corrected chi connectivity index (χ3v) is 8.62. The Morgan fingerprint density at radius 2 is 2.00 bits per heavy atom. The number of sulfonamides is 1. The number of carbonyl (C=O) groups is 2. The molecule has 214 valence electrons. The fourth-order valence-corrected chi connectivity index (χ4v) is 5.61. The Bertz CT molecular complexity index is 1460. The van der Waals surface area contributed by atoms with E-state index in [9.17, 15) is 23.1 Å². The van der Waals surface area contributed by atoms with Crippen LogP contribution in [0.1, 0.15) is 29.8 Å². The molecule has 0 saturated carbocycles. The third kappa shape index (κ3) is 6.49. The van der Waals surface area contributed by atoms with Crippen LogP contribution in [0.2, 0.25) is 0 Å². The highest BCUT2D eigenvalue weighted by molar-refractivity contribution is 7.89. The first-order chi connectivity index (χ1) is 19.0. The first-order valence-corrected chi connectivity index (χ1v) is 14.3. The molecular weight excluding hydrogens is 536 g/mol. The summed E-state index contributed by atoms with van der Waals surface area (Å²) in [5.41, 5.74) is 1.43. The van der Waals surface area contributed by atoms with Crippen molar-refractivity contribution in [3.05, 3.63) is 66.4 Å². The smallest absolute Gasteiger partial charge is 0.261 e. The number of ether oxygens (including phenoxy) is 1. The van der Waals surface area contributed by atoms with Crippen LogP contribution in [0.25, 0.3) is 0 Å². The van der Waals surface area contributed by atoms with E-state index in [1.807, 2.05) is 6.92 Å². The van der Waals surface area contributed by atoms with Gasteiger partial charge in [0.15, 0.2) is 5.03 Å². The number of hydrogen-bond acceptors (Lipinski definition) is 8. The van der Waals surface area contributed by atoms with Crippen LogP contribution in [0.4, 0.5) is 5.69 Å². The van der Waals surface area contributed by atoms with Crippen LogP contribution in [-0.2, 0) is 28.3 Å². The molecule has 3 heterocycles. The normalized spacial score (nSPS) is 18.8. The number of imidazole rings is 1. The van der Waals surface area contributed by atoms with Crippen molar-refractivity contribution < 1.29 is 27.9 Å². The van der Waals surface area contributed by atoms with E-state index in [4.69, 9.17) is 4.74 Å². The molecule has 0 aliphatic carbocycles. The fraction of sp³-hybridized carbons (Fsp3) is 0.407. The number of fused-ring (bicyclic) bond motifs is 1. The minimum Gasteiger partial charge on any atom is -0.488 e. The number of benzene rings is 1. The van der Waals surface area contributed by atoms with Gasteiger partial charge in [-0.3, -0.25) is 14.6 Å². The molecule has 40 heavy (non-hydrogen) atoms. The number of likely N-dealkylation sites (N-methyl/N-ethyl adjacent to an activating group) is 1. The summed E-state index contributed by atoms with van der Waals surface area (Å²) in [6.07, 6.45) is 5.23. The molecule has 2 aromatic heterocycles. The number of nitrogens with one attached hydrogen (secondary N) is 1. The summed E-state index contributed by atoms with van der Waals surface area (Å²) in [5.74, 6) is -0.433. The Morgan fingerprint density at radius 3 is 2.65 bits per heavy atom. The zero-order chi connectivity index (χ0) is 29.0. The molecule has 2 N–H and O–H groups in total. The highest BCUT2D eigenvalue weighted by atomic mass is 32.2. The number of pyridine rings is 1. The number of aromatic nitrogens is 3. The van der Waals surface area contributed by atoms with Crippen molar-refractivity contribution in [3.63, 3.8) is 0 Å². The van der Waals surface area contributed by atoms with E-state index in [0.717, 1.165) is 0 Å². The Labute approximate surface area is 233 Å². The summed E-state index contributed by atoms with van der Waals surface area (Å²) in [5, 5.41) is 12.6. The first-order valence-electron chi connectivity index (χ1n) is 12.8. The largest absolute Gasteiger partial charge is 0.488 e. The van der Waals surface area contributed by atoms with Gasteiger partial charge in [-0.25, -0.2) is 13.4 Å². The molecule has 0 bridgehead atoms. The Hall–Kier alpha value is -3.81. The van der Waals surface area contributed by atoms with Gasteiger partial charge in [0.2, 0.25) is 5.91 Å². The third-order valence-electron chi connectivity index (χ3n) is 6.91. The topological polar surface area (TPSA) is 147 Å². The molecule has 13 heteroatoms. The predicted octanol–water partition coefficient (Wildman–Crippen LogP) is 1.54. The molecular formula is C27H34N6O6S. The molecule has 0 unspecified atom stereocenters. The van der Waals surface area contributed by atoms with Crippen LogP contribution in [0.3, 0.4) is 0 Å². The Kier molecular flexibility index (Phi) is 8.86. The van der Waals surface area contributed by atoms with Crippen molar-refractivity contribution in [2.45, 2.75) is 37.4 Å². The zero-order valence-electron chi connectivity index (χ0n) is 22.9. The first kappa shape index (κ1) is 29.2. The summed E-state index contributed by atoms with van der Waals surface area (Å²) in [6, 6.07) is 7.75. The van der Waals surface area contributed by atoms with Crippen molar-refractivity contribution in [2.75, 3.05) is 32.1 Å². The van der Waals surface area contributed by atoms with Crippen molar-refractivity contribution in [1.82, 2.24) is 23.7 Å². The number of aliphatic hydroxyl groups is 1. The van der Waals surface area contributed by atoms with Gasteiger partial charge >= 0.3 is 0 Å². The van der Waals surface area contributed by atoms with Crippen LogP contribution in [0.5, 0.6) is 5.75 Å². The minimum atomic E-state index is -3.89. The molecule has 0 fully saturated rings. The molecule has 0 radical (unpaired) electrons. The monoisotopic (exact) mass is 570 g/mol. The SMILES string of the molecule is C[C@H](CO)N1C[C@H](C)[C@@H](CN(C)S(=O)(=O)c2cn(C)cn2)Oc2ccc(NC(=O)c3ccncc3)cc2CC1=O. The summed E-state index contributed by atoms with van der Waals surface area (Å²) in [6.45, 7) is 3.65. The number of amides is 2. The van der Waals surface area contributed by atoms with Gasteiger partial charge in [0.25, 0.3) is 15.9 Å². The second-order valence-corrected chi connectivity index (χ2v) is 12.1. The summed E-state index contributed by atoms with van der Waals surface area (Å²) in [7, 11) is -0.740. The van der Waals surface area contributed by atoms with Crippen molar-refractivity contribution in [3.8, 4) is 5.75 Å². The van der Waals surface area contributed by atoms with Crippen LogP contribution in [-0.4, -0.2) is 88.0 Å². The second-order valence-electron chi connectivity index (χ2n) is 10.1. The number of nitrogens with zero attached hydrogens (tertiary/aromatic N) is 5. The quantitative estimate of drug-likeness (QED) is 0.415. The predicted molar refractivity (Wildman–Crippen MR) is 147 cm³/mol. The van der Waals surface area contributed by atoms with E-state index in [1.165, 1.54) is 36.3 Å². The number of anilines is 1. The summed E-state index contributed by atoms with van der Waals surface area (Å²) < 4.78 is 35.5. The second kappa shape index (κ2) is 12.1. The molecule has 1 aromatic carbocycles. The van der Waals surface area contributed by atoms with Gasteiger partial charge in [0.05, 0.1) is 31.9 Å². The molecule has 12 nitrogen and oxygen atoms in total. The average Bonchev–Trinajstić information content (AvgIpc) is 3.40. The van der Waals surface area contributed by atoms with Crippen LogP contribution in [0.15, 0.2) is 60.3 Å². The van der Waals surface area contributed by atoms with E-state index in [0.29, 0.717) is 22.6 Å². The molecule has 1 aliphatic heterocycles. The van der Waals surface area contributed by atoms with Crippen molar-refractivity contribution >= 4 is 27.5 Å². The molecule has 0 saturated heterocycles. The highest BCUT2D eigenvalue weighted by Gasteiger charge is 2.34. The van der Waals surface area contributed by atoms with Gasteiger partial charge in [0.1, 0.15) is 11.9 Å². The van der Waals surface area contributed by atoms with Gasteiger partial charge in [-0.1, -0.05) is 6.92 Å². The van der Waals surface area contributed by atoms with E-state index in [2.05, 4.69) is 15.3 Å². The van der Waals surface area contributed by atoms with Crippen LogP contribution in [0, 0.1) is 5.92 Å². The van der Waals surface area contributed by atoms with Gasteiger partial charge in [-0.2, -0.15) is 4.31 Å². The average molecular weight is 571 g/mol. The number of hydrogen-bond donors (Lipinski definition) is 2. The van der Waals surface area contributed by atoms with Gasteiger partial charge in [0, 0.05) is 62.0 Å². The fourth-order valence-electron chi connectivity index (χ4n) is 4.46. The number of aliphatic hydroxyl groups excluding tert-OH is 1. The molecule has 2 amide bonds. The highest BCUT2D eigenvalue weighted by Crippen LogP contribution is 2.30. The van der Waals surface area contributed by atoms with E-state index < -0.39 is 22.2 Å². The maximum absolute atomic E-state index is 13.4. The number of carbonyl (C=O) groups excluding carboxylic acids is 2. The summed E-state index contributed by atoms with van der Waals surface area (Å²) in [4.78, 5) is 35.6. The Morgan fingerprint density at radius 1 is 1.27 bits per heavy atom. The standard InChI is InChI=1S/C27H34N6O6S/c1-18-13-33(19(2)16-34)26(35)12-21-11-22(30-27(36)20-7-9-28-10-8-20)5-6-23(21)39-24(18)14-32(4)40(37,38)25-15-31(3)17-29-25/h5-11,15,17-19,24,34H,12-14,16H2,1-4H3,(H,30,36)/t18-,19+,24+/m0/s1. The van der Waals surface area contributed by atoms with Gasteiger partial charge in [-0.15, -0.1) is 0 Å². The lowest BCUT2D eigenvalue weighted by Gasteiger charge is -2.33. The molecule has 4 rings (SSSR count). The maximum Gasteiger partial charge on any atom is 0.261 e. The van der Waals surface area contributed by atoms with Gasteiger partial charge < -0.3 is 24.6 Å². The van der Waals surface area contributed by atoms with Gasteiger partial charge in [-0.05, 0) is 37.3 Å². The maximum atomic E-state index is 13.4. The zero-order valence-corrected chi connectivity index (χ0v) is 23.7. The van der Waals surface area contributed by atoms with Crippen molar-refractivity contribution in [1.29, 1.82) is 0 Å². The van der Waals surface area contributed by atoms with E-state index in [-0.39, 0.29) is 48.9 Å². The molecule has 3 atom stereocenters. The lowest BCUT2D eigenvalue weighted by molar-refractivity contribution is -0.134. The lowest BCUT2D eigenvalue weighted by atomic mass is 10.0. The lowest BCUT2D eigenvalue weighted by Crippen LogP contribution is -2.48. The molecule has 1 aliphatic rings. The van der Waals surface area contributed by atoms with Crippen molar-refractivity contribution in [2.24, 2.45) is 13.0 Å². The minimum absolute atomic E-state index is 0.00438. The van der Waals surface area contributed by atoms with E-state index in [1.54, 1.807) is 53.8 Å². The molecule has 0 spiro atoms. The molecule has 3 aromatic rings.